The third kappa shape index (κ3) is 6.74. The Morgan fingerprint density at radius 1 is 1.16 bits per heavy atom. The SMILES string of the molecule is CC(C)(C)OC(=O)N1CCN(COS(C)(=O)=O)CC1. The van der Waals surface area contributed by atoms with Gasteiger partial charge in [-0.15, -0.1) is 0 Å². The lowest BCUT2D eigenvalue weighted by molar-refractivity contribution is 0.00728. The molecular weight excluding hydrogens is 272 g/mol. The van der Waals surface area contributed by atoms with Crippen molar-refractivity contribution in [3.8, 4) is 0 Å². The lowest BCUT2D eigenvalue weighted by Crippen LogP contribution is -2.50. The van der Waals surface area contributed by atoms with E-state index >= 15 is 0 Å². The van der Waals surface area contributed by atoms with Crippen LogP contribution in [0, 0.1) is 0 Å². The number of ether oxygens (including phenoxy) is 1. The molecule has 1 fully saturated rings. The third-order valence-corrected chi connectivity index (χ3v) is 3.01. The van der Waals surface area contributed by atoms with E-state index in [9.17, 15) is 13.2 Å². The zero-order valence-corrected chi connectivity index (χ0v) is 12.7. The number of piperazine rings is 1. The fraction of sp³-hybridized carbons (Fsp3) is 0.909. The van der Waals surface area contributed by atoms with Crippen molar-refractivity contribution in [1.29, 1.82) is 0 Å². The smallest absolute Gasteiger partial charge is 0.410 e. The Morgan fingerprint density at radius 2 is 1.68 bits per heavy atom. The Kier molecular flexibility index (Phi) is 5.17. The molecule has 0 radical (unpaired) electrons. The van der Waals surface area contributed by atoms with Crippen LogP contribution in [-0.4, -0.2) is 69.1 Å². The number of carbonyl (C=O) groups excluding carboxylic acids is 1. The fourth-order valence-corrected chi connectivity index (χ4v) is 1.90. The molecule has 0 atom stereocenters. The molecule has 1 rings (SSSR count). The van der Waals surface area contributed by atoms with Crippen LogP contribution >= 0.6 is 0 Å². The van der Waals surface area contributed by atoms with E-state index in [1.54, 1.807) is 4.90 Å². The Bertz CT molecular complexity index is 407. The highest BCUT2D eigenvalue weighted by Crippen LogP contribution is 2.11. The third-order valence-electron chi connectivity index (χ3n) is 2.47. The summed E-state index contributed by atoms with van der Waals surface area (Å²) >= 11 is 0. The molecule has 0 bridgehead atoms. The fourth-order valence-electron chi connectivity index (χ4n) is 1.56. The maximum Gasteiger partial charge on any atom is 0.410 e. The molecule has 0 aromatic rings. The lowest BCUT2D eigenvalue weighted by Gasteiger charge is -2.35. The summed E-state index contributed by atoms with van der Waals surface area (Å²) < 4.78 is 31.7. The molecule has 1 aliphatic heterocycles. The molecule has 0 aliphatic carbocycles. The van der Waals surface area contributed by atoms with E-state index in [0.29, 0.717) is 26.2 Å². The molecule has 19 heavy (non-hydrogen) atoms. The summed E-state index contributed by atoms with van der Waals surface area (Å²) in [6, 6.07) is 0. The molecule has 1 heterocycles. The monoisotopic (exact) mass is 294 g/mol. The minimum Gasteiger partial charge on any atom is -0.444 e. The van der Waals surface area contributed by atoms with Crippen molar-refractivity contribution in [3.05, 3.63) is 0 Å². The second-order valence-electron chi connectivity index (χ2n) is 5.54. The molecule has 1 saturated heterocycles. The first-order valence-corrected chi connectivity index (χ1v) is 7.93. The molecule has 0 aromatic heterocycles. The number of hydrogen-bond donors (Lipinski definition) is 0. The topological polar surface area (TPSA) is 76.2 Å². The van der Waals surface area contributed by atoms with Gasteiger partial charge >= 0.3 is 6.09 Å². The molecule has 0 saturated carbocycles. The quantitative estimate of drug-likeness (QED) is 0.704. The van der Waals surface area contributed by atoms with Crippen LogP contribution in [0.5, 0.6) is 0 Å². The molecular formula is C11H22N2O5S. The van der Waals surface area contributed by atoms with Crippen molar-refractivity contribution in [1.82, 2.24) is 9.80 Å². The second kappa shape index (κ2) is 6.06. The van der Waals surface area contributed by atoms with Crippen LogP contribution in [0.4, 0.5) is 4.79 Å². The molecule has 112 valence electrons. The maximum absolute atomic E-state index is 11.8. The summed E-state index contributed by atoms with van der Waals surface area (Å²) in [5, 5.41) is 0. The summed E-state index contributed by atoms with van der Waals surface area (Å²) in [5.41, 5.74) is -0.506. The van der Waals surface area contributed by atoms with E-state index in [1.165, 1.54) is 0 Å². The van der Waals surface area contributed by atoms with Gasteiger partial charge in [0, 0.05) is 26.2 Å². The van der Waals surface area contributed by atoms with Crippen LogP contribution < -0.4 is 0 Å². The molecule has 8 heteroatoms. The number of amides is 1. The van der Waals surface area contributed by atoms with Crippen LogP contribution in [0.15, 0.2) is 0 Å². The van der Waals surface area contributed by atoms with Gasteiger partial charge in [-0.2, -0.15) is 8.42 Å². The maximum atomic E-state index is 11.8. The normalized spacial score (nSPS) is 18.4. The van der Waals surface area contributed by atoms with E-state index < -0.39 is 15.7 Å². The van der Waals surface area contributed by atoms with E-state index in [0.717, 1.165) is 6.26 Å². The van der Waals surface area contributed by atoms with Crippen LogP contribution in [0.1, 0.15) is 20.8 Å². The largest absolute Gasteiger partial charge is 0.444 e. The van der Waals surface area contributed by atoms with Gasteiger partial charge in [-0.3, -0.25) is 9.08 Å². The van der Waals surface area contributed by atoms with Gasteiger partial charge in [-0.1, -0.05) is 0 Å². The van der Waals surface area contributed by atoms with Crippen molar-refractivity contribution in [3.63, 3.8) is 0 Å². The van der Waals surface area contributed by atoms with Crippen molar-refractivity contribution in [2.45, 2.75) is 26.4 Å². The number of nitrogens with zero attached hydrogens (tertiary/aromatic N) is 2. The van der Waals surface area contributed by atoms with Crippen molar-refractivity contribution < 1.29 is 22.1 Å². The zero-order valence-electron chi connectivity index (χ0n) is 11.9. The summed E-state index contributed by atoms with van der Waals surface area (Å²) in [6.45, 7) is 7.62. The van der Waals surface area contributed by atoms with Crippen LogP contribution in [0.3, 0.4) is 0 Å². The highest BCUT2D eigenvalue weighted by atomic mass is 32.2. The highest BCUT2D eigenvalue weighted by Gasteiger charge is 2.26. The van der Waals surface area contributed by atoms with E-state index in [2.05, 4.69) is 0 Å². The minimum absolute atomic E-state index is 0.0288. The van der Waals surface area contributed by atoms with Gasteiger partial charge in [-0.05, 0) is 20.8 Å². The zero-order chi connectivity index (χ0) is 14.7. The van der Waals surface area contributed by atoms with Crippen LogP contribution in [-0.2, 0) is 19.0 Å². The van der Waals surface area contributed by atoms with E-state index in [1.807, 2.05) is 25.7 Å². The highest BCUT2D eigenvalue weighted by molar-refractivity contribution is 7.85. The molecule has 7 nitrogen and oxygen atoms in total. The first-order valence-electron chi connectivity index (χ1n) is 6.11. The Hall–Kier alpha value is -0.860. The number of rotatable bonds is 3. The molecule has 1 aliphatic rings. The van der Waals surface area contributed by atoms with Crippen molar-refractivity contribution >= 4 is 16.2 Å². The minimum atomic E-state index is -3.42. The van der Waals surface area contributed by atoms with Crippen LogP contribution in [0.25, 0.3) is 0 Å². The van der Waals surface area contributed by atoms with E-state index in [-0.39, 0.29) is 12.8 Å². The summed E-state index contributed by atoms with van der Waals surface area (Å²) in [5.74, 6) is 0. The summed E-state index contributed by atoms with van der Waals surface area (Å²) in [6.07, 6.45) is 0.681. The average Bonchev–Trinajstić information content (AvgIpc) is 2.23. The first-order chi connectivity index (χ1) is 8.57. The molecule has 0 unspecified atom stereocenters. The standard InChI is InChI=1S/C11H22N2O5S/c1-11(2,3)18-10(14)13-7-5-12(6-8-13)9-17-19(4,15)16/h5-9H2,1-4H3. The second-order valence-corrected chi connectivity index (χ2v) is 7.18. The van der Waals surface area contributed by atoms with Gasteiger partial charge in [0.2, 0.25) is 0 Å². The Morgan fingerprint density at radius 3 is 2.11 bits per heavy atom. The Labute approximate surface area is 114 Å². The lowest BCUT2D eigenvalue weighted by atomic mass is 10.2. The van der Waals surface area contributed by atoms with Gasteiger partial charge in [0.15, 0.2) is 0 Å². The van der Waals surface area contributed by atoms with Gasteiger partial charge in [0.25, 0.3) is 10.1 Å². The summed E-state index contributed by atoms with van der Waals surface area (Å²) in [7, 11) is -3.42. The van der Waals surface area contributed by atoms with Gasteiger partial charge in [0.1, 0.15) is 12.3 Å². The van der Waals surface area contributed by atoms with Crippen molar-refractivity contribution in [2.75, 3.05) is 39.2 Å². The molecule has 1 amide bonds. The predicted molar refractivity (Wildman–Crippen MR) is 70.2 cm³/mol. The molecule has 0 aromatic carbocycles. The molecule has 0 spiro atoms. The summed E-state index contributed by atoms with van der Waals surface area (Å²) in [4.78, 5) is 15.2. The molecule has 0 N–H and O–H groups in total. The average molecular weight is 294 g/mol. The van der Waals surface area contributed by atoms with E-state index in [4.69, 9.17) is 8.92 Å². The van der Waals surface area contributed by atoms with Gasteiger partial charge < -0.3 is 9.64 Å². The number of carbonyl (C=O) groups is 1. The van der Waals surface area contributed by atoms with Crippen molar-refractivity contribution in [2.24, 2.45) is 0 Å². The van der Waals surface area contributed by atoms with Crippen LogP contribution in [0.2, 0.25) is 0 Å². The predicted octanol–water partition coefficient (Wildman–Crippen LogP) is 0.473. The first kappa shape index (κ1) is 16.2. The Balaban J connectivity index is 2.35. The van der Waals surface area contributed by atoms with Gasteiger partial charge in [0.05, 0.1) is 6.26 Å². The van der Waals surface area contributed by atoms with Gasteiger partial charge in [-0.25, -0.2) is 4.79 Å². The number of hydrogen-bond acceptors (Lipinski definition) is 6.